The van der Waals surface area contributed by atoms with Crippen LogP contribution in [0.2, 0.25) is 0 Å². The van der Waals surface area contributed by atoms with Crippen molar-refractivity contribution < 1.29 is 4.39 Å². The first kappa shape index (κ1) is 15.5. The van der Waals surface area contributed by atoms with Gasteiger partial charge in [0, 0.05) is 31.0 Å². The third-order valence-electron chi connectivity index (χ3n) is 3.49. The summed E-state index contributed by atoms with van der Waals surface area (Å²) in [6.45, 7) is 7.15. The quantitative estimate of drug-likeness (QED) is 0.876. The Morgan fingerprint density at radius 3 is 2.57 bits per heavy atom. The van der Waals surface area contributed by atoms with Crippen LogP contribution in [0.3, 0.4) is 0 Å². The first-order valence-corrected chi connectivity index (χ1v) is 7.29. The predicted octanol–water partition coefficient (Wildman–Crippen LogP) is 4.40. The van der Waals surface area contributed by atoms with Gasteiger partial charge in [-0.1, -0.05) is 37.6 Å². The van der Waals surface area contributed by atoms with Gasteiger partial charge in [0.15, 0.2) is 0 Å². The molecular weight excluding hydrogens is 263 g/mol. The largest absolute Gasteiger partial charge is 0.344 e. The molecule has 0 spiro atoms. The van der Waals surface area contributed by atoms with Gasteiger partial charge < -0.3 is 10.2 Å². The topological polar surface area (TPSA) is 15.3 Å². The molecule has 1 N–H and O–H groups in total. The number of nitrogens with one attached hydrogen (secondary N) is 1. The van der Waals surface area contributed by atoms with E-state index in [0.717, 1.165) is 17.9 Å². The third-order valence-corrected chi connectivity index (χ3v) is 3.49. The van der Waals surface area contributed by atoms with Gasteiger partial charge in [0.25, 0.3) is 0 Å². The van der Waals surface area contributed by atoms with E-state index in [1.165, 1.54) is 17.2 Å². The summed E-state index contributed by atoms with van der Waals surface area (Å²) in [5.74, 6) is -0.215. The number of hydrogen-bond donors (Lipinski definition) is 1. The van der Waals surface area contributed by atoms with Crippen LogP contribution < -0.4 is 10.2 Å². The number of aryl methyl sites for hydroxylation is 1. The van der Waals surface area contributed by atoms with Crippen molar-refractivity contribution in [3.05, 3.63) is 59.4 Å². The molecule has 2 rings (SSSR count). The fourth-order valence-corrected chi connectivity index (χ4v) is 2.32. The summed E-state index contributed by atoms with van der Waals surface area (Å²) < 4.78 is 13.4. The fourth-order valence-electron chi connectivity index (χ4n) is 2.32. The molecule has 0 aromatic heterocycles. The van der Waals surface area contributed by atoms with Crippen LogP contribution in [0.25, 0.3) is 0 Å². The molecule has 2 aromatic carbocycles. The average Bonchev–Trinajstić information content (AvgIpc) is 2.44. The number of nitrogens with zero attached hydrogens (tertiary/aromatic N) is 1. The van der Waals surface area contributed by atoms with E-state index in [4.69, 9.17) is 0 Å². The summed E-state index contributed by atoms with van der Waals surface area (Å²) in [6.07, 6.45) is 0. The van der Waals surface area contributed by atoms with Crippen LogP contribution >= 0.6 is 0 Å². The summed E-state index contributed by atoms with van der Waals surface area (Å²) in [7, 11) is 1.97. The maximum Gasteiger partial charge on any atom is 0.125 e. The average molecular weight is 286 g/mol. The minimum absolute atomic E-state index is 0.215. The van der Waals surface area contributed by atoms with Gasteiger partial charge >= 0.3 is 0 Å². The molecule has 0 unspecified atom stereocenters. The van der Waals surface area contributed by atoms with Gasteiger partial charge in [-0.05, 0) is 36.8 Å². The summed E-state index contributed by atoms with van der Waals surface area (Å²) in [6, 6.07) is 13.5. The first-order valence-electron chi connectivity index (χ1n) is 7.29. The Balaban J connectivity index is 2.33. The molecule has 0 aliphatic heterocycles. The minimum atomic E-state index is -0.215. The van der Waals surface area contributed by atoms with Gasteiger partial charge in [-0.3, -0.25) is 0 Å². The van der Waals surface area contributed by atoms with Crippen LogP contribution in [0.5, 0.6) is 0 Å². The number of anilines is 2. The van der Waals surface area contributed by atoms with Crippen LogP contribution in [0.4, 0.5) is 15.8 Å². The number of halogens is 1. The summed E-state index contributed by atoms with van der Waals surface area (Å²) in [5.41, 5.74) is 4.39. The van der Waals surface area contributed by atoms with Gasteiger partial charge in [-0.2, -0.15) is 0 Å². The third kappa shape index (κ3) is 4.05. The molecule has 3 heteroatoms. The molecule has 0 fully saturated rings. The number of hydrogen-bond acceptors (Lipinski definition) is 2. The highest BCUT2D eigenvalue weighted by Crippen LogP contribution is 2.28. The molecule has 0 amide bonds. The van der Waals surface area contributed by atoms with Gasteiger partial charge in [0.1, 0.15) is 5.82 Å². The van der Waals surface area contributed by atoms with E-state index >= 15 is 0 Å². The molecule has 0 heterocycles. The molecule has 0 aliphatic rings. The Morgan fingerprint density at radius 2 is 1.90 bits per heavy atom. The first-order chi connectivity index (χ1) is 9.97. The van der Waals surface area contributed by atoms with Gasteiger partial charge in [-0.25, -0.2) is 4.39 Å². The second-order valence-corrected chi connectivity index (χ2v) is 5.71. The molecule has 2 nitrogen and oxygen atoms in total. The van der Waals surface area contributed by atoms with Crippen molar-refractivity contribution in [2.24, 2.45) is 0 Å². The summed E-state index contributed by atoms with van der Waals surface area (Å²) in [4.78, 5) is 2.03. The fraction of sp³-hybridized carbons (Fsp3) is 0.333. The lowest BCUT2D eigenvalue weighted by Gasteiger charge is -2.24. The van der Waals surface area contributed by atoms with Gasteiger partial charge in [-0.15, -0.1) is 0 Å². The second kappa shape index (κ2) is 6.72. The Morgan fingerprint density at radius 1 is 1.14 bits per heavy atom. The maximum absolute atomic E-state index is 13.4. The molecule has 0 bridgehead atoms. The minimum Gasteiger partial charge on any atom is -0.344 e. The lowest BCUT2D eigenvalue weighted by Crippen LogP contribution is -2.23. The van der Waals surface area contributed by atoms with Crippen molar-refractivity contribution >= 4 is 11.4 Å². The van der Waals surface area contributed by atoms with Crippen molar-refractivity contribution in [1.82, 2.24) is 5.32 Å². The van der Waals surface area contributed by atoms with Crippen LogP contribution in [0.15, 0.2) is 42.5 Å². The van der Waals surface area contributed by atoms with E-state index in [1.54, 1.807) is 12.1 Å². The molecule has 0 aliphatic carbocycles. The van der Waals surface area contributed by atoms with Crippen molar-refractivity contribution in [2.75, 3.05) is 11.9 Å². The zero-order valence-corrected chi connectivity index (χ0v) is 13.2. The molecule has 0 saturated carbocycles. The summed E-state index contributed by atoms with van der Waals surface area (Å²) in [5, 5.41) is 3.45. The monoisotopic (exact) mass is 286 g/mol. The van der Waals surface area contributed by atoms with E-state index in [1.807, 2.05) is 18.0 Å². The van der Waals surface area contributed by atoms with Crippen molar-refractivity contribution in [3.8, 4) is 0 Å². The SMILES string of the molecule is Cc1ccc(N(C)c2cccc(F)c2)c(CNC(C)C)c1. The molecule has 21 heavy (non-hydrogen) atoms. The zero-order chi connectivity index (χ0) is 15.4. The predicted molar refractivity (Wildman–Crippen MR) is 87.6 cm³/mol. The van der Waals surface area contributed by atoms with E-state index in [2.05, 4.69) is 44.3 Å². The van der Waals surface area contributed by atoms with Crippen molar-refractivity contribution in [1.29, 1.82) is 0 Å². The van der Waals surface area contributed by atoms with Gasteiger partial charge in [0.05, 0.1) is 0 Å². The summed E-state index contributed by atoms with van der Waals surface area (Å²) >= 11 is 0. The molecule has 2 aromatic rings. The Hall–Kier alpha value is -1.87. The van der Waals surface area contributed by atoms with Gasteiger partial charge in [0.2, 0.25) is 0 Å². The lowest BCUT2D eigenvalue weighted by molar-refractivity contribution is 0.589. The van der Waals surface area contributed by atoms with Crippen LogP contribution in [0, 0.1) is 12.7 Å². The standard InChI is InChI=1S/C18H23FN2/c1-13(2)20-12-15-10-14(3)8-9-18(15)21(4)17-7-5-6-16(19)11-17/h5-11,13,20H,12H2,1-4H3. The highest BCUT2D eigenvalue weighted by molar-refractivity contribution is 5.66. The Kier molecular flexibility index (Phi) is 4.97. The zero-order valence-electron chi connectivity index (χ0n) is 13.2. The van der Waals surface area contributed by atoms with Crippen LogP contribution in [0.1, 0.15) is 25.0 Å². The van der Waals surface area contributed by atoms with E-state index in [9.17, 15) is 4.39 Å². The molecule has 112 valence electrons. The molecular formula is C18H23FN2. The normalized spacial score (nSPS) is 11.0. The van der Waals surface area contributed by atoms with Crippen molar-refractivity contribution in [3.63, 3.8) is 0 Å². The number of benzene rings is 2. The van der Waals surface area contributed by atoms with E-state index < -0.39 is 0 Å². The molecule has 0 atom stereocenters. The molecule has 0 saturated heterocycles. The van der Waals surface area contributed by atoms with Crippen molar-refractivity contribution in [2.45, 2.75) is 33.4 Å². The van der Waals surface area contributed by atoms with Crippen LogP contribution in [-0.4, -0.2) is 13.1 Å². The molecule has 0 radical (unpaired) electrons. The Bertz CT molecular complexity index is 608. The van der Waals surface area contributed by atoms with Crippen LogP contribution in [-0.2, 0) is 6.54 Å². The maximum atomic E-state index is 13.4. The van der Waals surface area contributed by atoms with E-state index in [0.29, 0.717) is 6.04 Å². The highest BCUT2D eigenvalue weighted by Gasteiger charge is 2.10. The van der Waals surface area contributed by atoms with E-state index in [-0.39, 0.29) is 5.82 Å². The lowest BCUT2D eigenvalue weighted by atomic mass is 10.1. The number of rotatable bonds is 5. The smallest absolute Gasteiger partial charge is 0.125 e. The highest BCUT2D eigenvalue weighted by atomic mass is 19.1. The second-order valence-electron chi connectivity index (χ2n) is 5.71. The Labute approximate surface area is 126 Å².